The van der Waals surface area contributed by atoms with Crippen LogP contribution in [0.1, 0.15) is 166 Å². The highest BCUT2D eigenvalue weighted by Crippen LogP contribution is 2.40. The van der Waals surface area contributed by atoms with Crippen LogP contribution in [0, 0.1) is 54.3 Å². The van der Waals surface area contributed by atoms with Gasteiger partial charge >= 0.3 is 65.7 Å². The van der Waals surface area contributed by atoms with Crippen molar-refractivity contribution < 1.29 is 120 Å². The predicted octanol–water partition coefficient (Wildman–Crippen LogP) is 22.5. The summed E-state index contributed by atoms with van der Waals surface area (Å²) in [6.07, 6.45) is 3.56. The van der Waals surface area contributed by atoms with Crippen LogP contribution in [-0.4, -0.2) is 140 Å². The molecule has 10 rings (SSSR count). The number of hydrogen-bond acceptors (Lipinski definition) is 28. The van der Waals surface area contributed by atoms with Gasteiger partial charge in [-0.1, -0.05) is 255 Å². The summed E-state index contributed by atoms with van der Waals surface area (Å²) in [5.41, 5.74) is 20.6. The Labute approximate surface area is 853 Å². The number of nitrogens with zero attached hydrogens (tertiary/aromatic N) is 4. The van der Waals surface area contributed by atoms with Crippen LogP contribution in [0.15, 0.2) is 305 Å². The first-order chi connectivity index (χ1) is 69.8. The van der Waals surface area contributed by atoms with E-state index in [4.69, 9.17) is 48.8 Å². The lowest BCUT2D eigenvalue weighted by Crippen LogP contribution is -2.16. The zero-order valence-corrected chi connectivity index (χ0v) is 84.4. The van der Waals surface area contributed by atoms with Gasteiger partial charge in [0, 0.05) is 64.3 Å². The van der Waals surface area contributed by atoms with Crippen LogP contribution in [0.3, 0.4) is 0 Å². The number of carboxylic acids is 1. The van der Waals surface area contributed by atoms with Crippen molar-refractivity contribution in [1.82, 2.24) is 0 Å². The number of aliphatic hydroxyl groups excluding tert-OH is 2. The molecule has 29 heteroatoms. The third-order valence-corrected chi connectivity index (χ3v) is 20.7. The van der Waals surface area contributed by atoms with Gasteiger partial charge in [0.25, 0.3) is 0 Å². The molecule has 10 aromatic rings. The molecule has 3 N–H and O–H groups in total. The van der Waals surface area contributed by atoms with Gasteiger partial charge in [-0.2, -0.15) is 10.5 Å². The van der Waals surface area contributed by atoms with E-state index in [2.05, 4.69) is 234 Å². The second-order valence-electron chi connectivity index (χ2n) is 33.4. The Balaban J connectivity index is 0.000000387. The zero-order chi connectivity index (χ0) is 108. The maximum absolute atomic E-state index is 12.4. The standard InChI is InChI=1S/C53H53NO12.C35H33NO2.C9H12O6.C9H14O4.C7H8N2.C4H8O/c1-6-48(55)61-32-34-63-50(57)28-30-52(59)65-37(4)39-10-14-41(15-11-39)43-18-24-46(25-19-43)54(45-22-8-36(3)9-23-45)47-26-20-44(21-27-47)42-16-12-40(13-17-42)38(5)66-53(60)31-29-51(58)64-35-33-62-49(56)7-2;1-24-4-18-33(19-5-24)36(34-20-14-31(15-21-34)29-10-6-27(7-11-29)25(2)37)35-22-16-32(17-23-35)30-12-8-28(9-13-30)26(3)38;1-2-8(12)14-5-6-15-9(13)4-3-7(10)11;1-4-8(10)12-5-6-13-9(11)7(2)3;1-6(2)3-7(4-8)5-9;1-4(2)3-5/h6-27,37-38H,1-2,28-35H2,3-5H3;4-23,25-26,37-38H,1-3H3;2H,1,3-6H2,(H,10,11);4,7H,1,5-6H2,2-3H3;3,6H,1-2H3;3-4H,1-2H3. The number of allylic oxidation sites excluding steroid dienone is 2. The fourth-order valence-corrected chi connectivity index (χ4v) is 12.8. The second kappa shape index (κ2) is 65.4. The number of hydrogen-bond donors (Lipinski definition) is 3. The first-order valence-electron chi connectivity index (χ1n) is 47.1. The monoisotopic (exact) mass is 1990 g/mol. The Bertz CT molecular complexity index is 5740. The minimum Gasteiger partial charge on any atom is -0.481 e. The second-order valence-corrected chi connectivity index (χ2v) is 33.4. The van der Waals surface area contributed by atoms with Crippen LogP contribution in [0.2, 0.25) is 0 Å². The Morgan fingerprint density at radius 2 is 0.521 bits per heavy atom. The molecule has 766 valence electrons. The van der Waals surface area contributed by atoms with Crippen molar-refractivity contribution in [3.63, 3.8) is 0 Å². The topological polar surface area (TPSA) is 412 Å². The fourth-order valence-electron chi connectivity index (χ4n) is 12.8. The van der Waals surface area contributed by atoms with Crippen molar-refractivity contribution in [2.75, 3.05) is 62.7 Å². The summed E-state index contributed by atoms with van der Waals surface area (Å²) in [6.45, 7) is 34.8. The van der Waals surface area contributed by atoms with E-state index < -0.39 is 84.1 Å². The summed E-state index contributed by atoms with van der Waals surface area (Å²) >= 11 is 0. The van der Waals surface area contributed by atoms with E-state index >= 15 is 0 Å². The summed E-state index contributed by atoms with van der Waals surface area (Å²) in [5.74, 6) is -6.27. The van der Waals surface area contributed by atoms with Gasteiger partial charge in [-0.3, -0.25) is 33.6 Å². The lowest BCUT2D eigenvalue weighted by molar-refractivity contribution is -0.154. The van der Waals surface area contributed by atoms with Gasteiger partial charge < -0.3 is 77.3 Å². The highest BCUT2D eigenvalue weighted by Gasteiger charge is 2.22. The third-order valence-electron chi connectivity index (χ3n) is 20.7. The van der Waals surface area contributed by atoms with Crippen molar-refractivity contribution in [3.05, 3.63) is 338 Å². The van der Waals surface area contributed by atoms with E-state index in [-0.39, 0.29) is 121 Å². The van der Waals surface area contributed by atoms with Gasteiger partial charge in [0.2, 0.25) is 0 Å². The van der Waals surface area contributed by atoms with Crippen LogP contribution in [0.25, 0.3) is 44.5 Å². The third kappa shape index (κ3) is 45.0. The minimum atomic E-state index is -1.06. The molecular weight excluding hydrogens is 1860 g/mol. The Kier molecular flexibility index (Phi) is 53.6. The molecule has 0 aliphatic carbocycles. The molecule has 0 fully saturated rings. The number of aliphatic hydroxyl groups is 2. The smallest absolute Gasteiger partial charge is 0.330 e. The normalized spacial score (nSPS) is 11.0. The van der Waals surface area contributed by atoms with E-state index in [0.29, 0.717) is 0 Å². The van der Waals surface area contributed by atoms with Crippen LogP contribution < -0.4 is 9.80 Å². The van der Waals surface area contributed by atoms with E-state index in [0.717, 1.165) is 137 Å². The molecule has 0 radical (unpaired) electrons. The van der Waals surface area contributed by atoms with Crippen LogP contribution >= 0.6 is 0 Å². The quantitative estimate of drug-likeness (QED) is 0.00797. The Morgan fingerprint density at radius 1 is 0.308 bits per heavy atom. The average molecular weight is 1990 g/mol. The molecule has 10 aromatic carbocycles. The van der Waals surface area contributed by atoms with E-state index in [1.54, 1.807) is 59.8 Å². The summed E-state index contributed by atoms with van der Waals surface area (Å²) in [6, 6.07) is 85.9. The highest BCUT2D eigenvalue weighted by atomic mass is 16.6. The van der Waals surface area contributed by atoms with Gasteiger partial charge in [-0.05, 0) is 187 Å². The summed E-state index contributed by atoms with van der Waals surface area (Å²) in [5, 5.41) is 44.3. The molecule has 0 heterocycles. The van der Waals surface area contributed by atoms with E-state index in [9.17, 15) is 67.7 Å². The van der Waals surface area contributed by atoms with Crippen molar-refractivity contribution in [2.24, 2.45) is 17.8 Å². The lowest BCUT2D eigenvalue weighted by Gasteiger charge is -2.26. The molecule has 0 saturated heterocycles. The molecule has 29 nitrogen and oxygen atoms in total. The van der Waals surface area contributed by atoms with Gasteiger partial charge in [-0.25, -0.2) is 19.2 Å². The SMILES string of the molecule is C=CC(=O)OCCOC(=O)C(C)C.C=CC(=O)OCCOC(=O)CCC(=O)O.C=CC(=O)OCCOC(=O)CCC(=O)OC(C)c1ccc(-c2ccc(N(c3ccc(C)cc3)c3ccc(-c4ccc(C(C)OC(=O)CCC(=O)OCCOC(=O)C=C)cc4)cc3)cc2)cc1.CC(C)C=C(C#N)C#N.CC(C)C=O.Cc1ccc(N(c2ccc(-c3ccc(C(C)O)cc3)cc2)c2ccc(-c3ccc(C(C)O)cc3)cc2)cc1. The van der Waals surface area contributed by atoms with Crippen molar-refractivity contribution >= 4 is 106 Å². The Morgan fingerprint density at radius 3 is 0.726 bits per heavy atom. The van der Waals surface area contributed by atoms with Crippen LogP contribution in [0.4, 0.5) is 34.1 Å². The average Bonchev–Trinajstić information content (AvgIpc) is 0.796. The number of rotatable bonds is 44. The number of nitriles is 2. The molecule has 0 bridgehead atoms. The largest absolute Gasteiger partial charge is 0.481 e. The van der Waals surface area contributed by atoms with Crippen molar-refractivity contribution in [2.45, 2.75) is 146 Å². The number of benzene rings is 10. The molecule has 0 aliphatic rings. The number of aryl methyl sites for hydroxylation is 2. The maximum Gasteiger partial charge on any atom is 0.330 e. The molecular formula is C117H128N4O25. The zero-order valence-electron chi connectivity index (χ0n) is 84.4. The first kappa shape index (κ1) is 120. The fraction of sp³-hybridized carbons (Fsp3) is 0.282. The number of carboxylic acid groups (broad SMARTS) is 1. The highest BCUT2D eigenvalue weighted by molar-refractivity contribution is 5.86. The molecule has 0 saturated carbocycles. The van der Waals surface area contributed by atoms with Gasteiger partial charge in [0.15, 0.2) is 0 Å². The van der Waals surface area contributed by atoms with E-state index in [1.807, 2.05) is 100 Å². The predicted molar refractivity (Wildman–Crippen MR) is 557 cm³/mol. The molecule has 0 spiro atoms. The summed E-state index contributed by atoms with van der Waals surface area (Å²) < 4.78 is 49.0. The number of anilines is 6. The lowest BCUT2D eigenvalue weighted by atomic mass is 10.0. The van der Waals surface area contributed by atoms with Crippen LogP contribution in [0.5, 0.6) is 0 Å². The molecule has 146 heavy (non-hydrogen) atoms. The van der Waals surface area contributed by atoms with Crippen molar-refractivity contribution in [1.29, 1.82) is 10.5 Å². The first-order valence-corrected chi connectivity index (χ1v) is 47.1. The molecule has 0 amide bonds. The number of carbonyl (C=O) groups is 12. The maximum atomic E-state index is 12.4. The van der Waals surface area contributed by atoms with Crippen molar-refractivity contribution in [3.8, 4) is 56.6 Å². The summed E-state index contributed by atoms with van der Waals surface area (Å²) in [4.78, 5) is 138. The Hall–Kier alpha value is -16.8. The van der Waals surface area contributed by atoms with Gasteiger partial charge in [0.05, 0.1) is 56.7 Å². The van der Waals surface area contributed by atoms with Gasteiger partial charge in [0.1, 0.15) is 89.1 Å². The molecule has 0 aromatic heterocycles. The molecule has 4 unspecified atom stereocenters. The number of carbonyl (C=O) groups excluding carboxylic acids is 11. The number of ether oxygens (including phenoxy) is 10. The van der Waals surface area contributed by atoms with Gasteiger partial charge in [-0.15, -0.1) is 0 Å². The number of aldehydes is 1. The van der Waals surface area contributed by atoms with E-state index in [1.165, 1.54) is 5.56 Å². The number of esters is 10. The molecule has 4 atom stereocenters. The molecule has 0 aliphatic heterocycles. The van der Waals surface area contributed by atoms with Crippen LogP contribution in [-0.2, 0) is 105 Å². The number of aliphatic carboxylic acids is 1. The minimum absolute atomic E-state index is 0.0658. The summed E-state index contributed by atoms with van der Waals surface area (Å²) in [7, 11) is 0.